The van der Waals surface area contributed by atoms with E-state index in [9.17, 15) is 0 Å². The van der Waals surface area contributed by atoms with Gasteiger partial charge in [-0.25, -0.2) is 0 Å². The molecule has 0 aromatic carbocycles. The maximum atomic E-state index is 4.81. The van der Waals surface area contributed by atoms with Gasteiger partial charge in [0.1, 0.15) is 0 Å². The van der Waals surface area contributed by atoms with Gasteiger partial charge in [-0.05, 0) is 0 Å². The molecule has 5 heteroatoms. The van der Waals surface area contributed by atoms with Crippen LogP contribution in [0.25, 0.3) is 0 Å². The van der Waals surface area contributed by atoms with Gasteiger partial charge in [0.25, 0.3) is 0 Å². The van der Waals surface area contributed by atoms with Crippen LogP contribution in [0.15, 0.2) is 12.4 Å². The van der Waals surface area contributed by atoms with E-state index in [0.29, 0.717) is 0 Å². The van der Waals surface area contributed by atoms with Crippen molar-refractivity contribution in [3.05, 3.63) is 12.4 Å². The molecular weight excluding hydrogens is 241 g/mol. The Kier molecular flexibility index (Phi) is 8.13. The molecule has 0 aromatic rings. The molecule has 0 aliphatic carbocycles. The van der Waals surface area contributed by atoms with Gasteiger partial charge in [0.15, 0.2) is 0 Å². The number of hydrogen-bond acceptors (Lipinski definition) is 2. The minimum absolute atomic E-state index is 0.106. The molecule has 0 atom stereocenters. The fourth-order valence-corrected chi connectivity index (χ4v) is 0.295. The summed E-state index contributed by atoms with van der Waals surface area (Å²) in [6.45, 7) is 0.889. The zero-order chi connectivity index (χ0) is 6.24. The third kappa shape index (κ3) is 6.58. The molecule has 0 fully saturated rings. The standard InChI is InChI=1S/C3H6N2.2ClH.Pd/c1-2-5-3-4-1;;;/h1-2,4-5H,3H2;2*1H;/q;;;+2/p-2. The fourth-order valence-electron chi connectivity index (χ4n) is 0.295. The number of halogens is 2. The van der Waals surface area contributed by atoms with E-state index >= 15 is 0 Å². The third-order valence-electron chi connectivity index (χ3n) is 0.523. The Morgan fingerprint density at radius 1 is 1.25 bits per heavy atom. The summed E-state index contributed by atoms with van der Waals surface area (Å²) in [5, 5.41) is 5.86. The van der Waals surface area contributed by atoms with Crippen molar-refractivity contribution in [2.24, 2.45) is 0 Å². The predicted molar refractivity (Wildman–Crippen MR) is 32.0 cm³/mol. The summed E-state index contributed by atoms with van der Waals surface area (Å²) in [7, 11) is 9.63. The molecule has 0 amide bonds. The van der Waals surface area contributed by atoms with Gasteiger partial charge in [-0.2, -0.15) is 0 Å². The van der Waals surface area contributed by atoms with Crippen molar-refractivity contribution in [3.63, 3.8) is 0 Å². The average molecular weight is 247 g/mol. The molecule has 1 rings (SSSR count). The number of hydrogen-bond donors (Lipinski definition) is 2. The maximum absolute atomic E-state index is 4.81. The molecule has 0 saturated carbocycles. The van der Waals surface area contributed by atoms with Crippen LogP contribution in [0.4, 0.5) is 0 Å². The van der Waals surface area contributed by atoms with E-state index in [-0.39, 0.29) is 15.9 Å². The topological polar surface area (TPSA) is 24.1 Å². The van der Waals surface area contributed by atoms with Gasteiger partial charge in [-0.3, -0.25) is 0 Å². The van der Waals surface area contributed by atoms with Crippen molar-refractivity contribution in [1.82, 2.24) is 10.6 Å². The van der Waals surface area contributed by atoms with Crippen LogP contribution in [-0.4, -0.2) is 6.67 Å². The van der Waals surface area contributed by atoms with Crippen LogP contribution >= 0.6 is 19.1 Å². The van der Waals surface area contributed by atoms with E-state index in [1.54, 1.807) is 0 Å². The third-order valence-corrected chi connectivity index (χ3v) is 0.523. The molecule has 0 saturated heterocycles. The van der Waals surface area contributed by atoms with Crippen LogP contribution in [0.1, 0.15) is 0 Å². The first-order chi connectivity index (χ1) is 3.91. The van der Waals surface area contributed by atoms with E-state index in [2.05, 4.69) is 10.6 Å². The summed E-state index contributed by atoms with van der Waals surface area (Å²) < 4.78 is 0. The second-order valence-electron chi connectivity index (χ2n) is 0.964. The molecule has 2 nitrogen and oxygen atoms in total. The Balaban J connectivity index is 0.000000145. The predicted octanol–water partition coefficient (Wildman–Crippen LogP) is 0.984. The van der Waals surface area contributed by atoms with Crippen molar-refractivity contribution in [3.8, 4) is 0 Å². The Morgan fingerprint density at radius 3 is 1.75 bits per heavy atom. The van der Waals surface area contributed by atoms with Crippen molar-refractivity contribution >= 4 is 19.1 Å². The second-order valence-corrected chi connectivity index (χ2v) is 3.32. The Hall–Kier alpha value is 0.582. The molecule has 0 unspecified atom stereocenters. The molecule has 2 N–H and O–H groups in total. The molecule has 0 bridgehead atoms. The number of nitrogens with one attached hydrogen (secondary N) is 2. The summed E-state index contributed by atoms with van der Waals surface area (Å²) in [6, 6.07) is 0. The van der Waals surface area contributed by atoms with Gasteiger partial charge < -0.3 is 10.6 Å². The van der Waals surface area contributed by atoms with Crippen LogP contribution < -0.4 is 10.6 Å². The second kappa shape index (κ2) is 7.58. The monoisotopic (exact) mass is 246 g/mol. The van der Waals surface area contributed by atoms with Gasteiger partial charge >= 0.3 is 35.0 Å². The van der Waals surface area contributed by atoms with E-state index in [4.69, 9.17) is 19.1 Å². The van der Waals surface area contributed by atoms with Gasteiger partial charge in [-0.1, -0.05) is 0 Å². The van der Waals surface area contributed by atoms with E-state index in [1.807, 2.05) is 12.4 Å². The van der Waals surface area contributed by atoms with Gasteiger partial charge in [0.2, 0.25) is 0 Å². The zero-order valence-electron chi connectivity index (χ0n) is 3.93. The molecule has 1 aliphatic rings. The van der Waals surface area contributed by atoms with Crippen LogP contribution in [0.5, 0.6) is 0 Å². The molecule has 0 radical (unpaired) electrons. The summed E-state index contributed by atoms with van der Waals surface area (Å²) >= 11 is -0.106. The zero-order valence-corrected chi connectivity index (χ0v) is 7.00. The van der Waals surface area contributed by atoms with Crippen molar-refractivity contribution < 1.29 is 15.9 Å². The van der Waals surface area contributed by atoms with Crippen LogP contribution in [-0.2, 0) is 15.9 Å². The number of rotatable bonds is 0. The molecule has 0 spiro atoms. The first-order valence-electron chi connectivity index (χ1n) is 1.86. The molecule has 1 heterocycles. The van der Waals surface area contributed by atoms with Gasteiger partial charge in [0, 0.05) is 12.4 Å². The minimum atomic E-state index is -0.106. The van der Waals surface area contributed by atoms with E-state index in [1.165, 1.54) is 0 Å². The Bertz CT molecular complexity index is 62.3. The SMILES string of the molecule is C1=CNCN1.[Cl][Pd][Cl]. The van der Waals surface area contributed by atoms with Gasteiger partial charge in [-0.15, -0.1) is 0 Å². The van der Waals surface area contributed by atoms with Crippen LogP contribution in [0, 0.1) is 0 Å². The van der Waals surface area contributed by atoms with E-state index < -0.39 is 0 Å². The molecular formula is C3H6Cl2N2Pd. The molecule has 52 valence electrons. The Morgan fingerprint density at radius 2 is 1.62 bits per heavy atom. The van der Waals surface area contributed by atoms with Crippen molar-refractivity contribution in [2.45, 2.75) is 0 Å². The molecule has 1 aliphatic heterocycles. The Labute approximate surface area is 64.7 Å². The summed E-state index contributed by atoms with van der Waals surface area (Å²) in [4.78, 5) is 0. The molecule has 8 heavy (non-hydrogen) atoms. The normalized spacial score (nSPS) is 13.8. The first-order valence-corrected chi connectivity index (χ1v) is 5.86. The summed E-state index contributed by atoms with van der Waals surface area (Å²) in [6.07, 6.45) is 3.75. The summed E-state index contributed by atoms with van der Waals surface area (Å²) in [5.41, 5.74) is 0. The quantitative estimate of drug-likeness (QED) is 0.624. The summed E-state index contributed by atoms with van der Waals surface area (Å²) in [5.74, 6) is 0. The first kappa shape index (κ1) is 8.58. The van der Waals surface area contributed by atoms with Crippen LogP contribution in [0.3, 0.4) is 0 Å². The van der Waals surface area contributed by atoms with E-state index in [0.717, 1.165) is 6.67 Å². The average Bonchev–Trinajstić information content (AvgIpc) is 2.17. The van der Waals surface area contributed by atoms with Crippen molar-refractivity contribution in [2.75, 3.05) is 6.67 Å². The fraction of sp³-hybridized carbons (Fsp3) is 0.333. The van der Waals surface area contributed by atoms with Crippen molar-refractivity contribution in [1.29, 1.82) is 0 Å². The van der Waals surface area contributed by atoms with Gasteiger partial charge in [0.05, 0.1) is 6.67 Å². The molecule has 0 aromatic heterocycles. The van der Waals surface area contributed by atoms with Crippen LogP contribution in [0.2, 0.25) is 0 Å².